The van der Waals surface area contributed by atoms with E-state index >= 15 is 0 Å². The van der Waals surface area contributed by atoms with E-state index in [1.54, 1.807) is 4.90 Å². The number of anilines is 1. The minimum Gasteiger partial charge on any atom is -0.391 e. The molecule has 4 aliphatic carbocycles. The maximum absolute atomic E-state index is 12.8. The Labute approximate surface area is 199 Å². The zero-order valence-electron chi connectivity index (χ0n) is 19.7. The molecule has 9 nitrogen and oxygen atoms in total. The number of amides is 2. The van der Waals surface area contributed by atoms with Gasteiger partial charge in [-0.1, -0.05) is 0 Å². The molecule has 4 bridgehead atoms. The Kier molecular flexibility index (Phi) is 5.52. The lowest BCUT2D eigenvalue weighted by Gasteiger charge is -2.58. The zero-order valence-corrected chi connectivity index (χ0v) is 19.7. The molecule has 0 radical (unpaired) electrons. The number of hydrogen-bond donors (Lipinski definition) is 3. The average Bonchev–Trinajstić information content (AvgIpc) is 3.12. The van der Waals surface area contributed by atoms with Crippen molar-refractivity contribution in [3.05, 3.63) is 17.6 Å². The van der Waals surface area contributed by atoms with Crippen molar-refractivity contribution in [3.8, 4) is 0 Å². The second-order valence-corrected chi connectivity index (χ2v) is 11.5. The molecule has 3 N–H and O–H groups in total. The number of aliphatic hydroxyl groups is 2. The average molecular weight is 470 g/mol. The summed E-state index contributed by atoms with van der Waals surface area (Å²) in [5.74, 6) is 2.86. The fraction of sp³-hybridized carbons (Fsp3) is 0.760. The predicted molar refractivity (Wildman–Crippen MR) is 123 cm³/mol. The number of aliphatic hydroxyl groups excluding tert-OH is 2. The van der Waals surface area contributed by atoms with Crippen LogP contribution in [0.25, 0.3) is 0 Å². The largest absolute Gasteiger partial charge is 0.391 e. The Balaban J connectivity index is 1.09. The van der Waals surface area contributed by atoms with Crippen LogP contribution in [-0.2, 0) is 22.6 Å². The van der Waals surface area contributed by atoms with Crippen molar-refractivity contribution >= 4 is 17.6 Å². The molecule has 4 saturated carbocycles. The molecule has 6 aliphatic rings. The molecule has 1 saturated heterocycles. The third-order valence-corrected chi connectivity index (χ3v) is 9.14. The molecule has 1 aromatic rings. The summed E-state index contributed by atoms with van der Waals surface area (Å²) < 4.78 is 0. The number of rotatable bonds is 6. The molecule has 1 unspecified atom stereocenters. The van der Waals surface area contributed by atoms with Gasteiger partial charge in [0.05, 0.1) is 37.4 Å². The number of nitrogens with zero attached hydrogens (tertiary/aromatic N) is 4. The van der Waals surface area contributed by atoms with E-state index in [9.17, 15) is 19.8 Å². The topological polar surface area (TPSA) is 119 Å². The number of nitrogens with one attached hydrogen (secondary N) is 1. The van der Waals surface area contributed by atoms with Crippen LogP contribution in [0.3, 0.4) is 0 Å². The van der Waals surface area contributed by atoms with Crippen molar-refractivity contribution in [3.63, 3.8) is 0 Å². The first kappa shape index (κ1) is 22.2. The molecule has 3 heterocycles. The molecule has 2 aliphatic heterocycles. The molecule has 5 fully saturated rings. The van der Waals surface area contributed by atoms with Gasteiger partial charge < -0.3 is 25.3 Å². The number of β-amino-alcohol motifs (C(OH)–C–C–N with tert-alkyl or cyclic N) is 1. The van der Waals surface area contributed by atoms with Gasteiger partial charge in [-0.25, -0.2) is 9.97 Å². The third-order valence-electron chi connectivity index (χ3n) is 9.14. The normalized spacial score (nSPS) is 34.9. The van der Waals surface area contributed by atoms with Gasteiger partial charge >= 0.3 is 0 Å². The molecule has 2 atom stereocenters. The van der Waals surface area contributed by atoms with E-state index in [4.69, 9.17) is 0 Å². The zero-order chi connectivity index (χ0) is 23.4. The number of aromatic nitrogens is 2. The molecular formula is C25H35N5O4. The summed E-state index contributed by atoms with van der Waals surface area (Å²) in [6, 6.07) is 0. The van der Waals surface area contributed by atoms with Crippen LogP contribution in [0, 0.1) is 23.2 Å². The van der Waals surface area contributed by atoms with E-state index in [2.05, 4.69) is 15.3 Å². The highest BCUT2D eigenvalue weighted by atomic mass is 16.3. The van der Waals surface area contributed by atoms with Gasteiger partial charge in [-0.15, -0.1) is 0 Å². The van der Waals surface area contributed by atoms with Crippen molar-refractivity contribution in [2.75, 3.05) is 31.5 Å². The fourth-order valence-corrected chi connectivity index (χ4v) is 7.88. The highest BCUT2D eigenvalue weighted by molar-refractivity contribution is 5.86. The predicted octanol–water partition coefficient (Wildman–Crippen LogP) is 0.944. The van der Waals surface area contributed by atoms with E-state index in [1.165, 1.54) is 49.8 Å². The van der Waals surface area contributed by atoms with Gasteiger partial charge in [-0.3, -0.25) is 9.59 Å². The number of hydrogen-bond acceptors (Lipinski definition) is 7. The quantitative estimate of drug-likeness (QED) is 0.567. The monoisotopic (exact) mass is 469 g/mol. The molecular weight excluding hydrogens is 434 g/mol. The maximum Gasteiger partial charge on any atom is 0.242 e. The second kappa shape index (κ2) is 8.45. The van der Waals surface area contributed by atoms with E-state index in [-0.39, 0.29) is 42.8 Å². The van der Waals surface area contributed by atoms with Crippen molar-refractivity contribution in [1.82, 2.24) is 19.8 Å². The summed E-state index contributed by atoms with van der Waals surface area (Å²) in [6.45, 7) is 1.64. The van der Waals surface area contributed by atoms with Crippen LogP contribution in [0.15, 0.2) is 6.33 Å². The van der Waals surface area contributed by atoms with E-state index in [0.29, 0.717) is 26.1 Å². The Morgan fingerprint density at radius 1 is 1.18 bits per heavy atom. The van der Waals surface area contributed by atoms with Crippen LogP contribution in [-0.4, -0.2) is 80.2 Å². The van der Waals surface area contributed by atoms with Crippen molar-refractivity contribution < 1.29 is 19.8 Å². The van der Waals surface area contributed by atoms with E-state index in [1.807, 2.05) is 0 Å². The smallest absolute Gasteiger partial charge is 0.242 e. The van der Waals surface area contributed by atoms with Crippen molar-refractivity contribution in [2.45, 2.75) is 70.1 Å². The SMILES string of the molecule is O=C(CN1CC(O)CC1=O)N1CCc2c(ncnc2NC[C@H](O)C23CC4CC(CC(C4)C2)C3)C1. The van der Waals surface area contributed by atoms with Gasteiger partial charge in [0.2, 0.25) is 11.8 Å². The van der Waals surface area contributed by atoms with Gasteiger partial charge in [-0.2, -0.15) is 0 Å². The number of likely N-dealkylation sites (tertiary alicyclic amines) is 1. The van der Waals surface area contributed by atoms with Crippen LogP contribution >= 0.6 is 0 Å². The van der Waals surface area contributed by atoms with Gasteiger partial charge in [0, 0.05) is 25.2 Å². The standard InChI is InChI=1S/C25H35N5O4/c31-18-6-22(33)30(11-18)13-23(34)29-2-1-19-20(12-29)27-14-28-24(19)26-10-21(32)25-7-15-3-16(8-25)5-17(4-15)9-25/h14-18,21,31-32H,1-13H2,(H,26,27,28)/t15?,16?,17?,18?,21-,25?/m0/s1. The Morgan fingerprint density at radius 3 is 2.53 bits per heavy atom. The van der Waals surface area contributed by atoms with Gasteiger partial charge in [0.15, 0.2) is 0 Å². The first-order valence-corrected chi connectivity index (χ1v) is 12.9. The lowest BCUT2D eigenvalue weighted by atomic mass is 9.48. The lowest BCUT2D eigenvalue weighted by Crippen LogP contribution is -2.53. The highest BCUT2D eigenvalue weighted by Gasteiger charge is 2.53. The van der Waals surface area contributed by atoms with Gasteiger partial charge in [0.1, 0.15) is 12.1 Å². The molecule has 1 aromatic heterocycles. The Morgan fingerprint density at radius 2 is 1.88 bits per heavy atom. The summed E-state index contributed by atoms with van der Waals surface area (Å²) in [4.78, 5) is 36.7. The van der Waals surface area contributed by atoms with Crippen molar-refractivity contribution in [2.24, 2.45) is 23.2 Å². The second-order valence-electron chi connectivity index (χ2n) is 11.5. The minimum absolute atomic E-state index is 0.00131. The molecule has 9 heteroatoms. The number of fused-ring (bicyclic) bond motifs is 1. The van der Waals surface area contributed by atoms with Crippen LogP contribution in [0.4, 0.5) is 5.82 Å². The number of carbonyl (C=O) groups excluding carboxylic acids is 2. The first-order chi connectivity index (χ1) is 16.4. The summed E-state index contributed by atoms with van der Waals surface area (Å²) in [7, 11) is 0. The van der Waals surface area contributed by atoms with E-state index < -0.39 is 6.10 Å². The van der Waals surface area contributed by atoms with Gasteiger partial charge in [-0.05, 0) is 68.1 Å². The molecule has 0 aromatic carbocycles. The summed E-state index contributed by atoms with van der Waals surface area (Å²) in [5, 5.41) is 24.3. The minimum atomic E-state index is -0.683. The first-order valence-electron chi connectivity index (χ1n) is 12.9. The molecule has 184 valence electrons. The molecule has 2 amide bonds. The van der Waals surface area contributed by atoms with Crippen LogP contribution < -0.4 is 5.32 Å². The fourth-order valence-electron chi connectivity index (χ4n) is 7.88. The Hall–Kier alpha value is -2.26. The van der Waals surface area contributed by atoms with Crippen LogP contribution in [0.2, 0.25) is 0 Å². The van der Waals surface area contributed by atoms with E-state index in [0.717, 1.165) is 34.8 Å². The number of carbonyl (C=O) groups is 2. The Bertz CT molecular complexity index is 949. The summed E-state index contributed by atoms with van der Waals surface area (Å²) >= 11 is 0. The maximum atomic E-state index is 12.8. The molecule has 7 rings (SSSR count). The van der Waals surface area contributed by atoms with Gasteiger partial charge in [0.25, 0.3) is 0 Å². The summed E-state index contributed by atoms with van der Waals surface area (Å²) in [6.07, 6.45) is 8.77. The van der Waals surface area contributed by atoms with Crippen LogP contribution in [0.1, 0.15) is 56.2 Å². The molecule has 0 spiro atoms. The third kappa shape index (κ3) is 3.96. The molecule has 34 heavy (non-hydrogen) atoms. The van der Waals surface area contributed by atoms with Crippen LogP contribution in [0.5, 0.6) is 0 Å². The van der Waals surface area contributed by atoms with Crippen molar-refractivity contribution in [1.29, 1.82) is 0 Å². The highest BCUT2D eigenvalue weighted by Crippen LogP contribution is 2.61. The lowest BCUT2D eigenvalue weighted by molar-refractivity contribution is -0.139. The summed E-state index contributed by atoms with van der Waals surface area (Å²) in [5.41, 5.74) is 1.89.